The van der Waals surface area contributed by atoms with E-state index in [4.69, 9.17) is 0 Å². The van der Waals surface area contributed by atoms with Gasteiger partial charge < -0.3 is 0 Å². The van der Waals surface area contributed by atoms with E-state index in [1.165, 1.54) is 0 Å². The van der Waals surface area contributed by atoms with Gasteiger partial charge in [0.2, 0.25) is 0 Å². The predicted molar refractivity (Wildman–Crippen MR) is 96.8 cm³/mol. The SMILES string of the molecule is CC1CCCCN1S(=O)(=O)N(Cc1cccs1)Cc1cccs1. The summed E-state index contributed by atoms with van der Waals surface area (Å²) in [6.45, 7) is 3.54. The van der Waals surface area contributed by atoms with Gasteiger partial charge in [-0.15, -0.1) is 22.7 Å². The lowest BCUT2D eigenvalue weighted by molar-refractivity contribution is 0.241. The summed E-state index contributed by atoms with van der Waals surface area (Å²) < 4.78 is 29.7. The summed E-state index contributed by atoms with van der Waals surface area (Å²) in [6, 6.07) is 8.03. The Kier molecular flexibility index (Phi) is 5.53. The zero-order valence-electron chi connectivity index (χ0n) is 13.2. The minimum absolute atomic E-state index is 0.0860. The Bertz CT molecular complexity index is 660. The van der Waals surface area contributed by atoms with E-state index >= 15 is 0 Å². The van der Waals surface area contributed by atoms with Gasteiger partial charge in [-0.25, -0.2) is 0 Å². The Balaban J connectivity index is 1.86. The van der Waals surface area contributed by atoms with Gasteiger partial charge in [0.1, 0.15) is 0 Å². The van der Waals surface area contributed by atoms with Crippen LogP contribution in [0, 0.1) is 0 Å². The van der Waals surface area contributed by atoms with Gasteiger partial charge in [-0.05, 0) is 42.7 Å². The first kappa shape index (κ1) is 17.1. The van der Waals surface area contributed by atoms with Crippen LogP contribution in [0.2, 0.25) is 0 Å². The molecule has 0 radical (unpaired) electrons. The second-order valence-corrected chi connectivity index (χ2v) is 9.84. The van der Waals surface area contributed by atoms with E-state index in [0.29, 0.717) is 19.6 Å². The fraction of sp³-hybridized carbons (Fsp3) is 0.500. The third kappa shape index (κ3) is 4.03. The van der Waals surface area contributed by atoms with Crippen molar-refractivity contribution in [3.8, 4) is 0 Å². The number of hydrogen-bond donors (Lipinski definition) is 0. The van der Waals surface area contributed by atoms with E-state index in [1.807, 2.05) is 41.9 Å². The maximum absolute atomic E-state index is 13.2. The molecular weight excluding hydrogens is 348 g/mol. The fourth-order valence-electron chi connectivity index (χ4n) is 2.93. The first-order valence-electron chi connectivity index (χ1n) is 7.89. The third-order valence-electron chi connectivity index (χ3n) is 4.19. The molecular formula is C16H22N2O2S3. The van der Waals surface area contributed by atoms with E-state index in [1.54, 1.807) is 31.3 Å². The first-order chi connectivity index (χ1) is 11.1. The largest absolute Gasteiger partial charge is 0.282 e. The molecule has 2 aromatic heterocycles. The highest BCUT2D eigenvalue weighted by molar-refractivity contribution is 7.86. The van der Waals surface area contributed by atoms with Crippen molar-refractivity contribution in [3.05, 3.63) is 44.8 Å². The lowest BCUT2D eigenvalue weighted by Gasteiger charge is -2.36. The maximum atomic E-state index is 13.2. The average molecular weight is 371 g/mol. The molecule has 7 heteroatoms. The monoisotopic (exact) mass is 370 g/mol. The normalized spacial score (nSPS) is 20.2. The van der Waals surface area contributed by atoms with Crippen LogP contribution in [0.5, 0.6) is 0 Å². The second kappa shape index (κ2) is 7.44. The zero-order chi connectivity index (χ0) is 16.3. The molecule has 126 valence electrons. The molecule has 3 rings (SSSR count). The number of piperidine rings is 1. The van der Waals surface area contributed by atoms with Crippen molar-refractivity contribution in [2.45, 2.75) is 45.3 Å². The van der Waals surface area contributed by atoms with E-state index in [0.717, 1.165) is 29.0 Å². The van der Waals surface area contributed by atoms with Crippen molar-refractivity contribution in [3.63, 3.8) is 0 Å². The maximum Gasteiger partial charge on any atom is 0.282 e. The fourth-order valence-corrected chi connectivity index (χ4v) is 6.36. The lowest BCUT2D eigenvalue weighted by atomic mass is 10.1. The summed E-state index contributed by atoms with van der Waals surface area (Å²) in [6.07, 6.45) is 3.02. The Labute approximate surface area is 146 Å². The van der Waals surface area contributed by atoms with E-state index in [9.17, 15) is 8.42 Å². The Hall–Kier alpha value is -0.730. The number of thiophene rings is 2. The predicted octanol–water partition coefficient (Wildman–Crippen LogP) is 3.93. The number of rotatable bonds is 6. The quantitative estimate of drug-likeness (QED) is 0.773. The third-order valence-corrected chi connectivity index (χ3v) is 7.96. The van der Waals surface area contributed by atoms with Crippen LogP contribution in [0.3, 0.4) is 0 Å². The molecule has 0 spiro atoms. The Morgan fingerprint density at radius 2 is 1.74 bits per heavy atom. The molecule has 2 aromatic rings. The zero-order valence-corrected chi connectivity index (χ0v) is 15.7. The number of hydrogen-bond acceptors (Lipinski definition) is 4. The molecule has 0 bridgehead atoms. The van der Waals surface area contributed by atoms with Crippen LogP contribution >= 0.6 is 22.7 Å². The van der Waals surface area contributed by atoms with Gasteiger partial charge >= 0.3 is 0 Å². The van der Waals surface area contributed by atoms with Gasteiger partial charge in [-0.1, -0.05) is 18.6 Å². The standard InChI is InChI=1S/C16H22N2O2S3/c1-14-6-2-3-9-18(14)23(19,20)17(12-15-7-4-10-21-15)13-16-8-5-11-22-16/h4-5,7-8,10-11,14H,2-3,6,9,12-13H2,1H3. The summed E-state index contributed by atoms with van der Waals surface area (Å²) in [5, 5.41) is 3.99. The van der Waals surface area contributed by atoms with Gasteiger partial charge in [0.05, 0.1) is 0 Å². The molecule has 0 amide bonds. The van der Waals surface area contributed by atoms with Crippen LogP contribution in [0.15, 0.2) is 35.0 Å². The first-order valence-corrected chi connectivity index (χ1v) is 11.0. The average Bonchev–Trinajstić information content (AvgIpc) is 3.20. The summed E-state index contributed by atoms with van der Waals surface area (Å²) >= 11 is 3.21. The lowest BCUT2D eigenvalue weighted by Crippen LogP contribution is -2.49. The summed E-state index contributed by atoms with van der Waals surface area (Å²) in [7, 11) is -3.45. The van der Waals surface area contributed by atoms with Crippen molar-refractivity contribution in [2.75, 3.05) is 6.54 Å². The minimum Gasteiger partial charge on any atom is -0.195 e. The summed E-state index contributed by atoms with van der Waals surface area (Å²) in [5.74, 6) is 0. The smallest absolute Gasteiger partial charge is 0.195 e. The van der Waals surface area contributed by atoms with Gasteiger partial charge in [0.15, 0.2) is 0 Å². The molecule has 1 aliphatic rings. The number of nitrogens with zero attached hydrogens (tertiary/aromatic N) is 2. The van der Waals surface area contributed by atoms with E-state index in [-0.39, 0.29) is 6.04 Å². The second-order valence-electron chi connectivity index (χ2n) is 5.89. The molecule has 0 saturated carbocycles. The molecule has 1 aliphatic heterocycles. The molecule has 1 fully saturated rings. The minimum atomic E-state index is -3.45. The Morgan fingerprint density at radius 1 is 1.13 bits per heavy atom. The Morgan fingerprint density at radius 3 is 2.22 bits per heavy atom. The molecule has 0 N–H and O–H groups in total. The van der Waals surface area contributed by atoms with Gasteiger partial charge in [0, 0.05) is 35.4 Å². The van der Waals surface area contributed by atoms with Crippen molar-refractivity contribution in [2.24, 2.45) is 0 Å². The van der Waals surface area contributed by atoms with Crippen LogP contribution in [0.1, 0.15) is 35.9 Å². The van der Waals surface area contributed by atoms with Gasteiger partial charge in [-0.2, -0.15) is 17.0 Å². The molecule has 23 heavy (non-hydrogen) atoms. The van der Waals surface area contributed by atoms with Crippen molar-refractivity contribution in [1.82, 2.24) is 8.61 Å². The van der Waals surface area contributed by atoms with Crippen LogP contribution in [0.25, 0.3) is 0 Å². The van der Waals surface area contributed by atoms with Gasteiger partial charge in [0.25, 0.3) is 10.2 Å². The molecule has 1 atom stereocenters. The molecule has 1 unspecified atom stereocenters. The van der Waals surface area contributed by atoms with E-state index in [2.05, 4.69) is 0 Å². The molecule has 0 aliphatic carbocycles. The highest BCUT2D eigenvalue weighted by Crippen LogP contribution is 2.26. The van der Waals surface area contributed by atoms with Crippen molar-refractivity contribution < 1.29 is 8.42 Å². The molecule has 3 heterocycles. The summed E-state index contributed by atoms with van der Waals surface area (Å²) in [4.78, 5) is 2.16. The van der Waals surface area contributed by atoms with Crippen molar-refractivity contribution in [1.29, 1.82) is 0 Å². The van der Waals surface area contributed by atoms with Crippen LogP contribution in [-0.2, 0) is 23.3 Å². The molecule has 1 saturated heterocycles. The van der Waals surface area contributed by atoms with Crippen molar-refractivity contribution >= 4 is 32.9 Å². The highest BCUT2D eigenvalue weighted by atomic mass is 32.2. The van der Waals surface area contributed by atoms with Crippen LogP contribution < -0.4 is 0 Å². The van der Waals surface area contributed by atoms with Gasteiger partial charge in [-0.3, -0.25) is 0 Å². The van der Waals surface area contributed by atoms with E-state index < -0.39 is 10.2 Å². The van der Waals surface area contributed by atoms with Crippen LogP contribution in [0.4, 0.5) is 0 Å². The highest BCUT2D eigenvalue weighted by Gasteiger charge is 2.34. The van der Waals surface area contributed by atoms with Crippen LogP contribution in [-0.4, -0.2) is 29.6 Å². The molecule has 0 aromatic carbocycles. The summed E-state index contributed by atoms with van der Waals surface area (Å²) in [5.41, 5.74) is 0. The molecule has 4 nitrogen and oxygen atoms in total. The topological polar surface area (TPSA) is 40.6 Å².